The molecule has 1 aromatic carbocycles. The number of fused-ring (bicyclic) bond motifs is 5. The van der Waals surface area contributed by atoms with Crippen LogP contribution in [-0.4, -0.2) is 17.1 Å². The molecule has 0 unspecified atom stereocenters. The lowest BCUT2D eigenvalue weighted by Crippen LogP contribution is -2.49. The number of halogens is 1. The molecule has 0 bridgehead atoms. The second-order valence-electron chi connectivity index (χ2n) is 11.2. The molecule has 178 valence electrons. The Hall–Kier alpha value is -2.35. The summed E-state index contributed by atoms with van der Waals surface area (Å²) in [5.41, 5.74) is 9.89. The van der Waals surface area contributed by atoms with Crippen molar-refractivity contribution in [1.82, 2.24) is 0 Å². The first-order chi connectivity index (χ1) is 16.2. The zero-order valence-corrected chi connectivity index (χ0v) is 20.7. The predicted octanol–water partition coefficient (Wildman–Crippen LogP) is 5.96. The Balaban J connectivity index is 1.63. The summed E-state index contributed by atoms with van der Waals surface area (Å²) in [6, 6.07) is 9.84. The average molecular weight is 477 g/mol. The maximum absolute atomic E-state index is 12.4. The maximum atomic E-state index is 12.4. The van der Waals surface area contributed by atoms with Crippen LogP contribution in [0, 0.1) is 39.9 Å². The van der Waals surface area contributed by atoms with E-state index in [2.05, 4.69) is 32.1 Å². The molecule has 6 atom stereocenters. The summed E-state index contributed by atoms with van der Waals surface area (Å²) < 4.78 is 0. The van der Waals surface area contributed by atoms with Gasteiger partial charge < -0.3 is 10.8 Å². The number of hydrogen-bond donors (Lipinski definition) is 2. The highest BCUT2D eigenvalue weighted by Gasteiger charge is 2.59. The van der Waals surface area contributed by atoms with Crippen molar-refractivity contribution in [1.29, 1.82) is 5.26 Å². The lowest BCUT2D eigenvalue weighted by molar-refractivity contribution is -0.114. The molecule has 0 radical (unpaired) electrons. The number of nitriles is 1. The highest BCUT2D eigenvalue weighted by atomic mass is 35.5. The number of amides is 1. The maximum Gasteiger partial charge on any atom is 0.259 e. The number of benzene rings is 1. The quantitative estimate of drug-likeness (QED) is 0.313. The van der Waals surface area contributed by atoms with Crippen molar-refractivity contribution in [2.75, 3.05) is 0 Å². The minimum Gasteiger partial charge on any atom is -0.393 e. The summed E-state index contributed by atoms with van der Waals surface area (Å²) in [6.07, 6.45) is 10.7. The van der Waals surface area contributed by atoms with Crippen molar-refractivity contribution < 1.29 is 9.90 Å². The van der Waals surface area contributed by atoms with Crippen LogP contribution in [0.1, 0.15) is 64.4 Å². The van der Waals surface area contributed by atoms with Crippen molar-refractivity contribution in [3.8, 4) is 6.07 Å². The number of nitrogens with zero attached hydrogens (tertiary/aromatic N) is 1. The van der Waals surface area contributed by atoms with Gasteiger partial charge in [-0.15, -0.1) is 0 Å². The standard InChI is InChI=1S/C29H33ClN2O2/c1-28-11-9-20(33)15-19(28)7-8-21-23(28)10-12-29(2)24(21)14-18(26(29)22(16-31)27(32)34)13-17-5-3-4-6-25(17)30/h3-7,13,20-21,23-24,33H,8-12,14-15H2,1-2H3,(H2,32,34)/b18-13+,26-22-/t20-,21+,23-,24-,28-,29-/m0/s1. The average Bonchev–Trinajstić information content (AvgIpc) is 3.08. The summed E-state index contributed by atoms with van der Waals surface area (Å²) in [5, 5.41) is 20.9. The summed E-state index contributed by atoms with van der Waals surface area (Å²) in [5.74, 6) is 0.714. The van der Waals surface area contributed by atoms with Crippen molar-refractivity contribution in [3.05, 3.63) is 63.2 Å². The normalized spacial score (nSPS) is 39.4. The molecule has 3 fully saturated rings. The second kappa shape index (κ2) is 8.40. The van der Waals surface area contributed by atoms with E-state index in [4.69, 9.17) is 17.3 Å². The lowest BCUT2D eigenvalue weighted by atomic mass is 9.47. The van der Waals surface area contributed by atoms with Crippen molar-refractivity contribution >= 4 is 23.6 Å². The number of aliphatic hydroxyl groups excluding tert-OH is 1. The van der Waals surface area contributed by atoms with Crippen LogP contribution >= 0.6 is 11.6 Å². The summed E-state index contributed by atoms with van der Waals surface area (Å²) >= 11 is 6.49. The van der Waals surface area contributed by atoms with Crippen LogP contribution < -0.4 is 5.73 Å². The Morgan fingerprint density at radius 2 is 1.91 bits per heavy atom. The van der Waals surface area contributed by atoms with E-state index in [0.29, 0.717) is 22.8 Å². The third-order valence-electron chi connectivity index (χ3n) is 9.64. The van der Waals surface area contributed by atoms with Crippen LogP contribution in [-0.2, 0) is 4.79 Å². The van der Waals surface area contributed by atoms with E-state index in [0.717, 1.165) is 61.7 Å². The van der Waals surface area contributed by atoms with Crippen molar-refractivity contribution in [3.63, 3.8) is 0 Å². The number of carbonyl (C=O) groups excluding carboxylic acids is 1. The first-order valence-electron chi connectivity index (χ1n) is 12.5. The van der Waals surface area contributed by atoms with E-state index < -0.39 is 5.91 Å². The van der Waals surface area contributed by atoms with Gasteiger partial charge in [0.25, 0.3) is 5.91 Å². The van der Waals surface area contributed by atoms with Crippen molar-refractivity contribution in [2.45, 2.75) is 64.9 Å². The van der Waals surface area contributed by atoms with E-state index >= 15 is 0 Å². The van der Waals surface area contributed by atoms with Crippen LogP contribution in [0.3, 0.4) is 0 Å². The van der Waals surface area contributed by atoms with Crippen LogP contribution in [0.2, 0.25) is 5.02 Å². The molecule has 4 aliphatic rings. The van der Waals surface area contributed by atoms with Gasteiger partial charge in [0.05, 0.1) is 6.10 Å². The fourth-order valence-electron chi connectivity index (χ4n) is 7.95. The smallest absolute Gasteiger partial charge is 0.259 e. The monoisotopic (exact) mass is 476 g/mol. The lowest BCUT2D eigenvalue weighted by Gasteiger charge is -2.57. The number of aliphatic hydroxyl groups is 1. The number of primary amides is 1. The minimum absolute atomic E-state index is 0.0980. The minimum atomic E-state index is -0.648. The molecule has 0 spiro atoms. The number of rotatable bonds is 2. The SMILES string of the molecule is C[C@]12CC[C@H](O)CC1=CC[C@@H]1[C@@H]2CC[C@]2(C)C(=C(/C#N)C(N)=O)/C(=C/c3ccccc3Cl)C[C@@H]12. The van der Waals surface area contributed by atoms with E-state index in [9.17, 15) is 15.2 Å². The number of hydrogen-bond acceptors (Lipinski definition) is 3. The predicted molar refractivity (Wildman–Crippen MR) is 134 cm³/mol. The van der Waals surface area contributed by atoms with Gasteiger partial charge >= 0.3 is 0 Å². The van der Waals surface area contributed by atoms with Crippen LogP contribution in [0.5, 0.6) is 0 Å². The van der Waals surface area contributed by atoms with Crippen molar-refractivity contribution in [2.24, 2.45) is 34.3 Å². The molecule has 3 saturated carbocycles. The molecular formula is C29H33ClN2O2. The van der Waals surface area contributed by atoms with E-state index in [1.54, 1.807) is 0 Å². The fourth-order valence-corrected chi connectivity index (χ4v) is 8.14. The molecule has 34 heavy (non-hydrogen) atoms. The van der Waals surface area contributed by atoms with E-state index in [1.165, 1.54) is 5.57 Å². The molecule has 1 aromatic rings. The van der Waals surface area contributed by atoms with E-state index in [1.807, 2.05) is 24.3 Å². The molecule has 0 saturated heterocycles. The summed E-state index contributed by atoms with van der Waals surface area (Å²) in [6.45, 7) is 4.64. The largest absolute Gasteiger partial charge is 0.393 e. The third kappa shape index (κ3) is 3.48. The Kier molecular flexibility index (Phi) is 5.78. The zero-order chi connectivity index (χ0) is 24.3. The molecule has 0 heterocycles. The third-order valence-corrected chi connectivity index (χ3v) is 9.99. The summed E-state index contributed by atoms with van der Waals surface area (Å²) in [7, 11) is 0. The Labute approximate surface area is 207 Å². The molecule has 0 aliphatic heterocycles. The van der Waals surface area contributed by atoms with Gasteiger partial charge in [0, 0.05) is 5.02 Å². The molecule has 3 N–H and O–H groups in total. The highest BCUT2D eigenvalue weighted by molar-refractivity contribution is 6.32. The first-order valence-corrected chi connectivity index (χ1v) is 12.8. The summed E-state index contributed by atoms with van der Waals surface area (Å²) in [4.78, 5) is 12.4. The molecule has 5 rings (SSSR count). The van der Waals surface area contributed by atoms with Gasteiger partial charge in [-0.3, -0.25) is 4.79 Å². The van der Waals surface area contributed by atoms with Crippen LogP contribution in [0.15, 0.2) is 52.6 Å². The zero-order valence-electron chi connectivity index (χ0n) is 20.0. The number of carbonyl (C=O) groups is 1. The van der Waals surface area contributed by atoms with Gasteiger partial charge in [-0.1, -0.05) is 55.3 Å². The second-order valence-corrected chi connectivity index (χ2v) is 11.6. The van der Waals surface area contributed by atoms with Gasteiger partial charge in [0.15, 0.2) is 0 Å². The van der Waals surface area contributed by atoms with Gasteiger partial charge in [0.1, 0.15) is 11.6 Å². The number of nitrogens with two attached hydrogens (primary N) is 1. The Morgan fingerprint density at radius 3 is 2.62 bits per heavy atom. The van der Waals surface area contributed by atoms with Gasteiger partial charge in [-0.25, -0.2) is 0 Å². The molecule has 4 nitrogen and oxygen atoms in total. The van der Waals surface area contributed by atoms with E-state index in [-0.39, 0.29) is 22.5 Å². The van der Waals surface area contributed by atoms with Gasteiger partial charge in [0.2, 0.25) is 0 Å². The molecule has 1 amide bonds. The molecule has 4 aliphatic carbocycles. The number of allylic oxidation sites excluding steroid dienone is 3. The highest BCUT2D eigenvalue weighted by Crippen LogP contribution is 2.67. The van der Waals surface area contributed by atoms with Gasteiger partial charge in [-0.2, -0.15) is 5.26 Å². The Morgan fingerprint density at radius 1 is 1.18 bits per heavy atom. The topological polar surface area (TPSA) is 87.1 Å². The fraction of sp³-hybridized carbons (Fsp3) is 0.517. The molecular weight excluding hydrogens is 444 g/mol. The molecule has 0 aromatic heterocycles. The molecule has 5 heteroatoms. The van der Waals surface area contributed by atoms with Crippen LogP contribution in [0.25, 0.3) is 6.08 Å². The first kappa shape index (κ1) is 23.4. The Bertz CT molecular complexity index is 1170. The van der Waals surface area contributed by atoms with Crippen LogP contribution in [0.4, 0.5) is 0 Å². The van der Waals surface area contributed by atoms with Gasteiger partial charge in [-0.05, 0) is 102 Å².